The second kappa shape index (κ2) is 10.3. The number of amides is 1. The van der Waals surface area contributed by atoms with Crippen molar-refractivity contribution in [3.05, 3.63) is 54.6 Å². The summed E-state index contributed by atoms with van der Waals surface area (Å²) >= 11 is 1.91. The summed E-state index contributed by atoms with van der Waals surface area (Å²) in [6, 6.07) is 18.1. The van der Waals surface area contributed by atoms with Gasteiger partial charge in [-0.2, -0.15) is 11.8 Å². The molecule has 0 radical (unpaired) electrons. The van der Waals surface area contributed by atoms with Crippen LogP contribution in [-0.2, 0) is 4.79 Å². The molecule has 30 heavy (non-hydrogen) atoms. The third-order valence-electron chi connectivity index (χ3n) is 5.82. The number of hydrogen-bond donors (Lipinski definition) is 1. The van der Waals surface area contributed by atoms with Gasteiger partial charge in [-0.1, -0.05) is 42.5 Å². The Balaban J connectivity index is 1.27. The van der Waals surface area contributed by atoms with Gasteiger partial charge in [0.15, 0.2) is 0 Å². The van der Waals surface area contributed by atoms with E-state index in [-0.39, 0.29) is 18.6 Å². The maximum atomic E-state index is 12.9. The van der Waals surface area contributed by atoms with Gasteiger partial charge in [-0.15, -0.1) is 0 Å². The SMILES string of the molecule is O=C(C1CCCN1CC(O)COc1ccc(-c2ccccc2)cc1)N1CCSCC1. The molecule has 2 aliphatic heterocycles. The highest BCUT2D eigenvalue weighted by molar-refractivity contribution is 7.99. The molecule has 5 nitrogen and oxygen atoms in total. The van der Waals surface area contributed by atoms with Crippen molar-refractivity contribution in [2.75, 3.05) is 44.3 Å². The van der Waals surface area contributed by atoms with Gasteiger partial charge < -0.3 is 14.7 Å². The first-order valence-corrected chi connectivity index (χ1v) is 11.9. The molecule has 0 bridgehead atoms. The number of aliphatic hydroxyl groups is 1. The number of rotatable bonds is 7. The van der Waals surface area contributed by atoms with Crippen molar-refractivity contribution in [1.29, 1.82) is 0 Å². The van der Waals surface area contributed by atoms with Crippen LogP contribution in [0.25, 0.3) is 11.1 Å². The first-order chi connectivity index (χ1) is 14.7. The van der Waals surface area contributed by atoms with Crippen LogP contribution in [0.3, 0.4) is 0 Å². The molecule has 1 amide bonds. The number of carbonyl (C=O) groups excluding carboxylic acids is 1. The zero-order valence-corrected chi connectivity index (χ0v) is 18.1. The van der Waals surface area contributed by atoms with Gasteiger partial charge in [0.25, 0.3) is 0 Å². The quantitative estimate of drug-likeness (QED) is 0.737. The van der Waals surface area contributed by atoms with Crippen LogP contribution < -0.4 is 4.74 Å². The molecule has 160 valence electrons. The molecular weight excluding hydrogens is 396 g/mol. The molecule has 2 fully saturated rings. The van der Waals surface area contributed by atoms with Gasteiger partial charge >= 0.3 is 0 Å². The number of carbonyl (C=O) groups is 1. The number of benzene rings is 2. The third-order valence-corrected chi connectivity index (χ3v) is 6.76. The Morgan fingerprint density at radius 2 is 1.73 bits per heavy atom. The standard InChI is InChI=1S/C24H30N2O3S/c27-21(17-26-12-4-7-23(26)24(28)25-13-15-30-16-14-25)18-29-22-10-8-20(9-11-22)19-5-2-1-3-6-19/h1-3,5-6,8-11,21,23,27H,4,7,12-18H2. The molecule has 2 atom stereocenters. The second-order valence-corrected chi connectivity index (χ2v) is 9.17. The molecule has 2 heterocycles. The molecule has 6 heteroatoms. The first kappa shape index (κ1) is 21.2. The predicted octanol–water partition coefficient (Wildman–Crippen LogP) is 3.13. The lowest BCUT2D eigenvalue weighted by Crippen LogP contribution is -2.50. The van der Waals surface area contributed by atoms with Crippen LogP contribution in [0, 0.1) is 0 Å². The van der Waals surface area contributed by atoms with Gasteiger partial charge in [0.1, 0.15) is 18.5 Å². The van der Waals surface area contributed by atoms with E-state index in [4.69, 9.17) is 4.74 Å². The number of aliphatic hydroxyl groups excluding tert-OH is 1. The summed E-state index contributed by atoms with van der Waals surface area (Å²) in [5, 5.41) is 10.5. The Hall–Kier alpha value is -2.02. The maximum Gasteiger partial charge on any atom is 0.239 e. The lowest BCUT2D eigenvalue weighted by Gasteiger charge is -2.33. The van der Waals surface area contributed by atoms with E-state index in [1.54, 1.807) is 0 Å². The number of likely N-dealkylation sites (tertiary alicyclic amines) is 1. The van der Waals surface area contributed by atoms with Crippen molar-refractivity contribution < 1.29 is 14.6 Å². The monoisotopic (exact) mass is 426 g/mol. The Kier molecular flexibility index (Phi) is 7.31. The van der Waals surface area contributed by atoms with Gasteiger partial charge in [0, 0.05) is 31.1 Å². The van der Waals surface area contributed by atoms with Crippen LogP contribution in [0.15, 0.2) is 54.6 Å². The van der Waals surface area contributed by atoms with E-state index in [9.17, 15) is 9.90 Å². The molecule has 0 aliphatic carbocycles. The van der Waals surface area contributed by atoms with Crippen LogP contribution in [-0.4, -0.2) is 77.3 Å². The topological polar surface area (TPSA) is 53.0 Å². The predicted molar refractivity (Wildman–Crippen MR) is 122 cm³/mol. The summed E-state index contributed by atoms with van der Waals surface area (Å²) in [6.07, 6.45) is 1.27. The summed E-state index contributed by atoms with van der Waals surface area (Å²) < 4.78 is 5.81. The summed E-state index contributed by atoms with van der Waals surface area (Å²) in [5.74, 6) is 3.03. The minimum atomic E-state index is -0.621. The molecule has 2 aromatic rings. The van der Waals surface area contributed by atoms with E-state index in [2.05, 4.69) is 17.0 Å². The minimum absolute atomic E-state index is 0.0899. The van der Waals surface area contributed by atoms with Gasteiger partial charge in [0.05, 0.1) is 6.04 Å². The summed E-state index contributed by atoms with van der Waals surface area (Å²) in [4.78, 5) is 17.0. The first-order valence-electron chi connectivity index (χ1n) is 10.8. The van der Waals surface area contributed by atoms with Crippen LogP contribution >= 0.6 is 11.8 Å². The number of hydrogen-bond acceptors (Lipinski definition) is 5. The van der Waals surface area contributed by atoms with Gasteiger partial charge in [-0.3, -0.25) is 9.69 Å². The molecule has 1 N–H and O–H groups in total. The van der Waals surface area contributed by atoms with Gasteiger partial charge in [-0.05, 0) is 42.6 Å². The van der Waals surface area contributed by atoms with E-state index in [0.29, 0.717) is 6.54 Å². The minimum Gasteiger partial charge on any atom is -0.491 e. The van der Waals surface area contributed by atoms with E-state index in [1.807, 2.05) is 59.1 Å². The maximum absolute atomic E-state index is 12.9. The Morgan fingerprint density at radius 3 is 2.47 bits per heavy atom. The lowest BCUT2D eigenvalue weighted by atomic mass is 10.1. The summed E-state index contributed by atoms with van der Waals surface area (Å²) in [5.41, 5.74) is 2.30. The highest BCUT2D eigenvalue weighted by atomic mass is 32.2. The van der Waals surface area contributed by atoms with Crippen LogP contribution in [0.4, 0.5) is 0 Å². The molecule has 4 rings (SSSR count). The van der Waals surface area contributed by atoms with E-state index < -0.39 is 6.10 Å². The molecule has 0 aromatic heterocycles. The van der Waals surface area contributed by atoms with Gasteiger partial charge in [0.2, 0.25) is 5.91 Å². The molecule has 2 saturated heterocycles. The smallest absolute Gasteiger partial charge is 0.239 e. The van der Waals surface area contributed by atoms with Crippen molar-refractivity contribution in [3.63, 3.8) is 0 Å². The third kappa shape index (κ3) is 5.36. The van der Waals surface area contributed by atoms with Gasteiger partial charge in [-0.25, -0.2) is 0 Å². The van der Waals surface area contributed by atoms with Crippen molar-refractivity contribution >= 4 is 17.7 Å². The van der Waals surface area contributed by atoms with Crippen molar-refractivity contribution in [1.82, 2.24) is 9.80 Å². The zero-order valence-electron chi connectivity index (χ0n) is 17.3. The largest absolute Gasteiger partial charge is 0.491 e. The number of ether oxygens (including phenoxy) is 1. The molecular formula is C24H30N2O3S. The Morgan fingerprint density at radius 1 is 1.03 bits per heavy atom. The normalized spacial score (nSPS) is 20.8. The van der Waals surface area contributed by atoms with E-state index >= 15 is 0 Å². The van der Waals surface area contributed by atoms with E-state index in [1.165, 1.54) is 5.56 Å². The fourth-order valence-electron chi connectivity index (χ4n) is 4.21. The fraction of sp³-hybridized carbons (Fsp3) is 0.458. The molecule has 2 aliphatic rings. The summed E-state index contributed by atoms with van der Waals surface area (Å²) in [6.45, 7) is 3.25. The molecule has 0 spiro atoms. The number of nitrogens with zero attached hydrogens (tertiary/aromatic N) is 2. The molecule has 2 aromatic carbocycles. The van der Waals surface area contributed by atoms with E-state index in [0.717, 1.165) is 55.3 Å². The zero-order chi connectivity index (χ0) is 20.8. The van der Waals surface area contributed by atoms with Crippen LogP contribution in [0.5, 0.6) is 5.75 Å². The van der Waals surface area contributed by atoms with Crippen molar-refractivity contribution in [2.24, 2.45) is 0 Å². The highest BCUT2D eigenvalue weighted by Crippen LogP contribution is 2.23. The average Bonchev–Trinajstić information content (AvgIpc) is 3.26. The highest BCUT2D eigenvalue weighted by Gasteiger charge is 2.34. The van der Waals surface area contributed by atoms with Crippen molar-refractivity contribution in [2.45, 2.75) is 25.0 Å². The molecule has 0 saturated carbocycles. The Labute approximate surface area is 183 Å². The molecule has 2 unspecified atom stereocenters. The lowest BCUT2D eigenvalue weighted by molar-refractivity contribution is -0.136. The van der Waals surface area contributed by atoms with Crippen LogP contribution in [0.2, 0.25) is 0 Å². The number of thioether (sulfide) groups is 1. The Bertz CT molecular complexity index is 809. The summed E-state index contributed by atoms with van der Waals surface area (Å²) in [7, 11) is 0. The fourth-order valence-corrected chi connectivity index (χ4v) is 5.11. The second-order valence-electron chi connectivity index (χ2n) is 7.95. The van der Waals surface area contributed by atoms with Crippen LogP contribution in [0.1, 0.15) is 12.8 Å². The van der Waals surface area contributed by atoms with Crippen molar-refractivity contribution in [3.8, 4) is 16.9 Å². The number of β-amino-alcohol motifs (C(OH)–C–C–N with tert-alkyl or cyclic N) is 1. The average molecular weight is 427 g/mol.